The Balaban J connectivity index is 1.73. The van der Waals surface area contributed by atoms with Gasteiger partial charge in [0.2, 0.25) is 0 Å². The molecule has 8 heteroatoms. The first-order valence-corrected chi connectivity index (χ1v) is 8.67. The number of ether oxygens (including phenoxy) is 1. The van der Waals surface area contributed by atoms with E-state index in [2.05, 4.69) is 15.3 Å². The SMILES string of the molecule is Cc1ncc(C(=O)NC[C@]2(O)C[C@H](c3cccc(F)c3)O[C@H](C)[C@H]2O)cn1. The number of benzene rings is 1. The predicted octanol–water partition coefficient (Wildman–Crippen LogP) is 1.30. The molecule has 1 saturated heterocycles. The number of amides is 1. The molecule has 2 aromatic rings. The van der Waals surface area contributed by atoms with Crippen LogP contribution in [0.2, 0.25) is 0 Å². The number of hydrogen-bond donors (Lipinski definition) is 3. The Hall–Kier alpha value is -2.42. The lowest BCUT2D eigenvalue weighted by atomic mass is 9.82. The molecular formula is C19H22FN3O4. The quantitative estimate of drug-likeness (QED) is 0.744. The number of carbonyl (C=O) groups is 1. The minimum absolute atomic E-state index is 0.00659. The van der Waals surface area contributed by atoms with E-state index in [-0.39, 0.29) is 18.5 Å². The van der Waals surface area contributed by atoms with E-state index in [0.717, 1.165) is 0 Å². The first-order chi connectivity index (χ1) is 12.8. The number of halogens is 1. The normalized spacial score (nSPS) is 28.0. The maximum absolute atomic E-state index is 13.5. The van der Waals surface area contributed by atoms with Crippen molar-refractivity contribution in [1.29, 1.82) is 0 Å². The molecule has 4 atom stereocenters. The van der Waals surface area contributed by atoms with Crippen LogP contribution in [-0.4, -0.2) is 50.4 Å². The first kappa shape index (κ1) is 19.3. The summed E-state index contributed by atoms with van der Waals surface area (Å²) in [6.45, 7) is 3.13. The van der Waals surface area contributed by atoms with Crippen LogP contribution in [0.3, 0.4) is 0 Å². The lowest BCUT2D eigenvalue weighted by Crippen LogP contribution is -2.59. The fraction of sp³-hybridized carbons (Fsp3) is 0.421. The van der Waals surface area contributed by atoms with Crippen LogP contribution in [0.5, 0.6) is 0 Å². The van der Waals surface area contributed by atoms with Gasteiger partial charge in [-0.2, -0.15) is 0 Å². The number of nitrogens with one attached hydrogen (secondary N) is 1. The standard InChI is InChI=1S/C19H22FN3O4/c1-11-17(24)19(26,7-16(27-11)13-4-3-5-15(20)6-13)10-23-18(25)14-8-21-12(2)22-9-14/h3-6,8-9,11,16-17,24,26H,7,10H2,1-2H3,(H,23,25)/t11-,16-,17-,19-/m1/s1. The van der Waals surface area contributed by atoms with E-state index in [4.69, 9.17) is 4.74 Å². The number of aliphatic hydroxyl groups is 2. The van der Waals surface area contributed by atoms with Crippen molar-refractivity contribution in [3.05, 3.63) is 59.4 Å². The number of nitrogens with zero attached hydrogens (tertiary/aromatic N) is 2. The van der Waals surface area contributed by atoms with Gasteiger partial charge >= 0.3 is 0 Å². The Morgan fingerprint density at radius 3 is 2.78 bits per heavy atom. The van der Waals surface area contributed by atoms with E-state index in [1.807, 2.05) is 0 Å². The van der Waals surface area contributed by atoms with Gasteiger partial charge in [0.05, 0.1) is 17.8 Å². The number of aliphatic hydroxyl groups excluding tert-OH is 1. The molecule has 0 bridgehead atoms. The summed E-state index contributed by atoms with van der Waals surface area (Å²) in [5, 5.41) is 24.0. The topological polar surface area (TPSA) is 105 Å². The van der Waals surface area contributed by atoms with Crippen molar-refractivity contribution in [3.63, 3.8) is 0 Å². The zero-order valence-corrected chi connectivity index (χ0v) is 15.1. The molecule has 3 rings (SSSR count). The first-order valence-electron chi connectivity index (χ1n) is 8.67. The second-order valence-electron chi connectivity index (χ2n) is 6.84. The highest BCUT2D eigenvalue weighted by Gasteiger charge is 2.47. The number of hydrogen-bond acceptors (Lipinski definition) is 6. The van der Waals surface area contributed by atoms with Crippen LogP contribution in [0.1, 0.15) is 41.2 Å². The molecule has 144 valence electrons. The van der Waals surface area contributed by atoms with Gasteiger partial charge in [-0.3, -0.25) is 4.79 Å². The van der Waals surface area contributed by atoms with Crippen LogP contribution >= 0.6 is 0 Å². The predicted molar refractivity (Wildman–Crippen MR) is 94.4 cm³/mol. The molecule has 27 heavy (non-hydrogen) atoms. The van der Waals surface area contributed by atoms with Gasteiger partial charge in [0, 0.05) is 25.4 Å². The second-order valence-corrected chi connectivity index (χ2v) is 6.84. The van der Waals surface area contributed by atoms with Crippen LogP contribution < -0.4 is 5.32 Å². The molecule has 0 saturated carbocycles. The van der Waals surface area contributed by atoms with Gasteiger partial charge in [-0.1, -0.05) is 12.1 Å². The van der Waals surface area contributed by atoms with Gasteiger partial charge in [0.15, 0.2) is 0 Å². The average molecular weight is 375 g/mol. The van der Waals surface area contributed by atoms with Crippen molar-refractivity contribution in [2.45, 2.75) is 44.2 Å². The Bertz CT molecular complexity index is 817. The third kappa shape index (κ3) is 4.29. The van der Waals surface area contributed by atoms with Crippen molar-refractivity contribution < 1.29 is 24.1 Å². The minimum atomic E-state index is -1.63. The Morgan fingerprint density at radius 1 is 1.41 bits per heavy atom. The van der Waals surface area contributed by atoms with Gasteiger partial charge in [0.1, 0.15) is 23.3 Å². The molecule has 1 fully saturated rings. The van der Waals surface area contributed by atoms with E-state index in [1.54, 1.807) is 26.0 Å². The molecule has 0 aliphatic carbocycles. The Kier molecular flexibility index (Phi) is 5.50. The van der Waals surface area contributed by atoms with Gasteiger partial charge < -0.3 is 20.3 Å². The molecule has 3 N–H and O–H groups in total. The third-order valence-corrected chi connectivity index (χ3v) is 4.73. The van der Waals surface area contributed by atoms with E-state index in [0.29, 0.717) is 11.4 Å². The Morgan fingerprint density at radius 2 is 2.11 bits per heavy atom. The zero-order valence-electron chi connectivity index (χ0n) is 15.1. The van der Waals surface area contributed by atoms with Crippen LogP contribution in [0.25, 0.3) is 0 Å². The van der Waals surface area contributed by atoms with Crippen molar-refractivity contribution >= 4 is 5.91 Å². The van der Waals surface area contributed by atoms with Crippen LogP contribution in [0.15, 0.2) is 36.7 Å². The highest BCUT2D eigenvalue weighted by molar-refractivity contribution is 5.93. The maximum Gasteiger partial charge on any atom is 0.254 e. The fourth-order valence-electron chi connectivity index (χ4n) is 3.19. The molecule has 2 heterocycles. The highest BCUT2D eigenvalue weighted by atomic mass is 19.1. The largest absolute Gasteiger partial charge is 0.387 e. The summed E-state index contributed by atoms with van der Waals surface area (Å²) in [7, 11) is 0. The number of aryl methyl sites for hydroxylation is 1. The van der Waals surface area contributed by atoms with Crippen LogP contribution in [0.4, 0.5) is 4.39 Å². The van der Waals surface area contributed by atoms with Crippen molar-refractivity contribution in [1.82, 2.24) is 15.3 Å². The number of rotatable bonds is 4. The Labute approximate surface area is 156 Å². The van der Waals surface area contributed by atoms with Gasteiger partial charge in [-0.25, -0.2) is 14.4 Å². The highest BCUT2D eigenvalue weighted by Crippen LogP contribution is 2.37. The summed E-state index contributed by atoms with van der Waals surface area (Å²) in [4.78, 5) is 20.2. The number of carbonyl (C=O) groups excluding carboxylic acids is 1. The summed E-state index contributed by atoms with van der Waals surface area (Å²) in [6, 6.07) is 5.90. The lowest BCUT2D eigenvalue weighted by Gasteiger charge is -2.44. The maximum atomic E-state index is 13.5. The molecule has 1 aromatic heterocycles. The fourth-order valence-corrected chi connectivity index (χ4v) is 3.19. The van der Waals surface area contributed by atoms with E-state index >= 15 is 0 Å². The molecule has 1 aliphatic heterocycles. The average Bonchev–Trinajstić information content (AvgIpc) is 2.64. The van der Waals surface area contributed by atoms with Crippen molar-refractivity contribution in [3.8, 4) is 0 Å². The molecule has 7 nitrogen and oxygen atoms in total. The smallest absolute Gasteiger partial charge is 0.254 e. The van der Waals surface area contributed by atoms with Gasteiger partial charge in [-0.15, -0.1) is 0 Å². The van der Waals surface area contributed by atoms with E-state index < -0.39 is 35.6 Å². The van der Waals surface area contributed by atoms with E-state index in [9.17, 15) is 19.4 Å². The molecule has 0 radical (unpaired) electrons. The monoisotopic (exact) mass is 375 g/mol. The molecular weight excluding hydrogens is 353 g/mol. The summed E-state index contributed by atoms with van der Waals surface area (Å²) in [5.74, 6) is -0.333. The zero-order chi connectivity index (χ0) is 19.6. The lowest BCUT2D eigenvalue weighted by molar-refractivity contribution is -0.210. The summed E-state index contributed by atoms with van der Waals surface area (Å²) < 4.78 is 19.3. The van der Waals surface area contributed by atoms with Crippen molar-refractivity contribution in [2.24, 2.45) is 0 Å². The number of aromatic nitrogens is 2. The summed E-state index contributed by atoms with van der Waals surface area (Å²) in [6.07, 6.45) is 0.268. The second kappa shape index (κ2) is 7.67. The minimum Gasteiger partial charge on any atom is -0.387 e. The van der Waals surface area contributed by atoms with Crippen LogP contribution in [0, 0.1) is 12.7 Å². The molecule has 0 unspecified atom stereocenters. The van der Waals surface area contributed by atoms with E-state index in [1.165, 1.54) is 24.5 Å². The van der Waals surface area contributed by atoms with Crippen LogP contribution in [-0.2, 0) is 4.74 Å². The molecule has 0 spiro atoms. The molecule has 1 aliphatic rings. The summed E-state index contributed by atoms with van der Waals surface area (Å²) >= 11 is 0. The molecule has 1 amide bonds. The third-order valence-electron chi connectivity index (χ3n) is 4.73. The van der Waals surface area contributed by atoms with Gasteiger partial charge in [-0.05, 0) is 31.5 Å². The summed E-state index contributed by atoms with van der Waals surface area (Å²) in [5.41, 5.74) is -0.818. The van der Waals surface area contributed by atoms with Crippen molar-refractivity contribution in [2.75, 3.05) is 6.54 Å². The van der Waals surface area contributed by atoms with Gasteiger partial charge in [0.25, 0.3) is 5.91 Å². The molecule has 1 aromatic carbocycles.